The third kappa shape index (κ3) is 1.99. The van der Waals surface area contributed by atoms with Crippen molar-refractivity contribution in [3.05, 3.63) is 11.6 Å². The van der Waals surface area contributed by atoms with E-state index >= 15 is 0 Å². The quantitative estimate of drug-likeness (QED) is 0.604. The second-order valence-electron chi connectivity index (χ2n) is 6.80. The minimum atomic E-state index is -0.129. The van der Waals surface area contributed by atoms with Crippen LogP contribution in [0.3, 0.4) is 0 Å². The van der Waals surface area contributed by atoms with E-state index in [0.717, 1.165) is 6.42 Å². The van der Waals surface area contributed by atoms with Crippen molar-refractivity contribution >= 4 is 0 Å². The van der Waals surface area contributed by atoms with Gasteiger partial charge < -0.3 is 5.11 Å². The molecule has 0 heterocycles. The van der Waals surface area contributed by atoms with E-state index in [1.807, 2.05) is 0 Å². The average molecular weight is 208 g/mol. The molecule has 2 unspecified atom stereocenters. The molecule has 1 fully saturated rings. The van der Waals surface area contributed by atoms with Crippen molar-refractivity contribution in [3.63, 3.8) is 0 Å². The maximum absolute atomic E-state index is 10.3. The third-order valence-electron chi connectivity index (χ3n) is 4.22. The summed E-state index contributed by atoms with van der Waals surface area (Å²) >= 11 is 0. The first kappa shape index (κ1) is 11.2. The summed E-state index contributed by atoms with van der Waals surface area (Å²) < 4.78 is 0. The van der Waals surface area contributed by atoms with E-state index in [0.29, 0.717) is 11.3 Å². The number of rotatable bonds is 0. The zero-order valence-corrected chi connectivity index (χ0v) is 10.5. The van der Waals surface area contributed by atoms with Crippen LogP contribution in [-0.4, -0.2) is 11.2 Å². The molecule has 0 saturated heterocycles. The summed E-state index contributed by atoms with van der Waals surface area (Å²) in [5.41, 5.74) is 2.01. The van der Waals surface area contributed by atoms with E-state index < -0.39 is 0 Å². The maximum Gasteiger partial charge on any atom is 0.0618 e. The van der Waals surface area contributed by atoms with Gasteiger partial charge in [-0.2, -0.15) is 0 Å². The molecule has 2 aliphatic rings. The Morgan fingerprint density at radius 2 is 1.93 bits per heavy atom. The van der Waals surface area contributed by atoms with Gasteiger partial charge in [0.05, 0.1) is 6.10 Å². The first-order valence-corrected chi connectivity index (χ1v) is 6.22. The molecule has 0 radical (unpaired) electrons. The molecule has 1 heteroatoms. The number of aliphatic hydroxyl groups excluding tert-OH is 1. The normalized spacial score (nSPS) is 38.1. The number of hydrogen-bond acceptors (Lipinski definition) is 1. The minimum Gasteiger partial charge on any atom is -0.392 e. The lowest BCUT2D eigenvalue weighted by atomic mass is 9.58. The summed E-state index contributed by atoms with van der Waals surface area (Å²) in [5.74, 6) is 0.416. The SMILES string of the molecule is CC1(C)C=C2CCCC(C)(C)C2C(O)C1. The highest BCUT2D eigenvalue weighted by Gasteiger charge is 2.44. The van der Waals surface area contributed by atoms with Crippen LogP contribution in [-0.2, 0) is 0 Å². The Morgan fingerprint density at radius 3 is 2.60 bits per heavy atom. The van der Waals surface area contributed by atoms with Crippen LogP contribution in [0.15, 0.2) is 11.6 Å². The standard InChI is InChI=1S/C14H24O/c1-13(2)8-10-6-5-7-14(3,4)12(10)11(15)9-13/h8,11-12,15H,5-7,9H2,1-4H3. The van der Waals surface area contributed by atoms with Crippen molar-refractivity contribution in [1.29, 1.82) is 0 Å². The molecular formula is C14H24O. The lowest BCUT2D eigenvalue weighted by Crippen LogP contribution is -2.43. The van der Waals surface area contributed by atoms with Crippen LogP contribution >= 0.6 is 0 Å². The van der Waals surface area contributed by atoms with Crippen molar-refractivity contribution in [2.75, 3.05) is 0 Å². The topological polar surface area (TPSA) is 20.2 Å². The first-order chi connectivity index (χ1) is 6.82. The van der Waals surface area contributed by atoms with Gasteiger partial charge in [0.15, 0.2) is 0 Å². The Kier molecular flexibility index (Phi) is 2.50. The van der Waals surface area contributed by atoms with Crippen molar-refractivity contribution < 1.29 is 5.11 Å². The first-order valence-electron chi connectivity index (χ1n) is 6.22. The molecule has 0 aromatic carbocycles. The highest BCUT2D eigenvalue weighted by atomic mass is 16.3. The number of hydrogen-bond donors (Lipinski definition) is 1. The molecular weight excluding hydrogens is 184 g/mol. The lowest BCUT2D eigenvalue weighted by Gasteiger charge is -2.48. The zero-order valence-electron chi connectivity index (χ0n) is 10.5. The summed E-state index contributed by atoms with van der Waals surface area (Å²) in [6, 6.07) is 0. The van der Waals surface area contributed by atoms with Crippen LogP contribution in [0.1, 0.15) is 53.4 Å². The number of allylic oxidation sites excluding steroid dienone is 1. The second kappa shape index (κ2) is 3.35. The predicted molar refractivity (Wildman–Crippen MR) is 63.6 cm³/mol. The highest BCUT2D eigenvalue weighted by molar-refractivity contribution is 5.22. The summed E-state index contributed by atoms with van der Waals surface area (Å²) in [5, 5.41) is 10.3. The molecule has 0 aromatic rings. The van der Waals surface area contributed by atoms with Crippen molar-refractivity contribution in [1.82, 2.24) is 0 Å². The van der Waals surface area contributed by atoms with Gasteiger partial charge in [0.25, 0.3) is 0 Å². The van der Waals surface area contributed by atoms with Gasteiger partial charge in [0, 0.05) is 5.92 Å². The second-order valence-corrected chi connectivity index (χ2v) is 6.80. The summed E-state index contributed by atoms with van der Waals surface area (Å²) in [7, 11) is 0. The lowest BCUT2D eigenvalue weighted by molar-refractivity contribution is 0.00420. The molecule has 2 aliphatic carbocycles. The van der Waals surface area contributed by atoms with Crippen LogP contribution in [0.5, 0.6) is 0 Å². The van der Waals surface area contributed by atoms with Gasteiger partial charge in [-0.05, 0) is 36.5 Å². The molecule has 15 heavy (non-hydrogen) atoms. The van der Waals surface area contributed by atoms with Gasteiger partial charge in [0.1, 0.15) is 0 Å². The Hall–Kier alpha value is -0.300. The maximum atomic E-state index is 10.3. The van der Waals surface area contributed by atoms with Crippen LogP contribution in [0, 0.1) is 16.7 Å². The molecule has 1 nitrogen and oxygen atoms in total. The highest BCUT2D eigenvalue weighted by Crippen LogP contribution is 2.51. The molecule has 0 aromatic heterocycles. The van der Waals surface area contributed by atoms with E-state index in [1.165, 1.54) is 24.8 Å². The minimum absolute atomic E-state index is 0.129. The molecule has 2 atom stereocenters. The number of fused-ring (bicyclic) bond motifs is 1. The van der Waals surface area contributed by atoms with Crippen LogP contribution in [0.25, 0.3) is 0 Å². The zero-order chi connectivity index (χ0) is 11.3. The molecule has 1 N–H and O–H groups in total. The van der Waals surface area contributed by atoms with Gasteiger partial charge in [-0.1, -0.05) is 39.3 Å². The fourth-order valence-electron chi connectivity index (χ4n) is 3.71. The van der Waals surface area contributed by atoms with Gasteiger partial charge >= 0.3 is 0 Å². The van der Waals surface area contributed by atoms with Gasteiger partial charge in [-0.3, -0.25) is 0 Å². The molecule has 86 valence electrons. The Morgan fingerprint density at radius 1 is 1.27 bits per heavy atom. The Bertz CT molecular complexity index is 286. The van der Waals surface area contributed by atoms with E-state index in [9.17, 15) is 5.11 Å². The van der Waals surface area contributed by atoms with Crippen LogP contribution in [0.2, 0.25) is 0 Å². The average Bonchev–Trinajstić information content (AvgIpc) is 1.97. The van der Waals surface area contributed by atoms with Gasteiger partial charge in [-0.15, -0.1) is 0 Å². The summed E-state index contributed by atoms with van der Waals surface area (Å²) in [6.07, 6.45) is 6.98. The van der Waals surface area contributed by atoms with Crippen molar-refractivity contribution in [2.24, 2.45) is 16.7 Å². The molecule has 0 spiro atoms. The molecule has 2 rings (SSSR count). The largest absolute Gasteiger partial charge is 0.392 e. The van der Waals surface area contributed by atoms with E-state index in [4.69, 9.17) is 0 Å². The fraction of sp³-hybridized carbons (Fsp3) is 0.857. The van der Waals surface area contributed by atoms with Crippen LogP contribution in [0.4, 0.5) is 0 Å². The third-order valence-corrected chi connectivity index (χ3v) is 4.22. The van der Waals surface area contributed by atoms with Crippen molar-refractivity contribution in [3.8, 4) is 0 Å². The molecule has 0 bridgehead atoms. The predicted octanol–water partition coefficient (Wildman–Crippen LogP) is 3.53. The van der Waals surface area contributed by atoms with E-state index in [1.54, 1.807) is 0 Å². The van der Waals surface area contributed by atoms with Crippen molar-refractivity contribution in [2.45, 2.75) is 59.5 Å². The molecule has 0 aliphatic heterocycles. The Labute approximate surface area is 93.6 Å². The Balaban J connectivity index is 2.36. The summed E-state index contributed by atoms with van der Waals surface area (Å²) in [6.45, 7) is 9.10. The molecule has 0 amide bonds. The number of aliphatic hydroxyl groups is 1. The van der Waals surface area contributed by atoms with E-state index in [-0.39, 0.29) is 11.5 Å². The van der Waals surface area contributed by atoms with Crippen LogP contribution < -0.4 is 0 Å². The summed E-state index contributed by atoms with van der Waals surface area (Å²) in [4.78, 5) is 0. The molecule has 1 saturated carbocycles. The fourth-order valence-corrected chi connectivity index (χ4v) is 3.71. The van der Waals surface area contributed by atoms with Gasteiger partial charge in [0.2, 0.25) is 0 Å². The smallest absolute Gasteiger partial charge is 0.0618 e. The van der Waals surface area contributed by atoms with E-state index in [2.05, 4.69) is 33.8 Å². The van der Waals surface area contributed by atoms with Gasteiger partial charge in [-0.25, -0.2) is 0 Å². The monoisotopic (exact) mass is 208 g/mol.